The summed E-state index contributed by atoms with van der Waals surface area (Å²) in [6.07, 6.45) is 0. The molecule has 1 aliphatic heterocycles. The summed E-state index contributed by atoms with van der Waals surface area (Å²) in [5.41, 5.74) is 0.858. The van der Waals surface area contributed by atoms with Crippen molar-refractivity contribution < 1.29 is 23.6 Å². The largest absolute Gasteiger partial charge is 0.499 e. The number of ether oxygens (including phenoxy) is 2. The molecule has 2 heterocycles. The number of methoxy groups -OCH3 is 1. The first-order valence-electron chi connectivity index (χ1n) is 6.92. The molecule has 1 fully saturated rings. The van der Waals surface area contributed by atoms with E-state index in [1.165, 1.54) is 7.11 Å². The van der Waals surface area contributed by atoms with E-state index in [1.807, 2.05) is 0 Å². The molecule has 0 spiro atoms. The van der Waals surface area contributed by atoms with Gasteiger partial charge in [0.2, 0.25) is 5.88 Å². The maximum absolute atomic E-state index is 11.7. The summed E-state index contributed by atoms with van der Waals surface area (Å²) < 4.78 is 21.6. The van der Waals surface area contributed by atoms with Crippen LogP contribution in [0.1, 0.15) is 31.3 Å². The molecule has 1 aromatic heterocycles. The van der Waals surface area contributed by atoms with Crippen LogP contribution in [0.3, 0.4) is 0 Å². The van der Waals surface area contributed by atoms with E-state index in [0.717, 1.165) is 0 Å². The summed E-state index contributed by atoms with van der Waals surface area (Å²) in [4.78, 5) is 15.8. The molecule has 0 bridgehead atoms. The van der Waals surface area contributed by atoms with Crippen molar-refractivity contribution in [1.82, 2.24) is 4.98 Å². The van der Waals surface area contributed by atoms with Crippen LogP contribution in [0.2, 0.25) is 0 Å². The van der Waals surface area contributed by atoms with Crippen LogP contribution in [-0.2, 0) is 14.0 Å². The van der Waals surface area contributed by atoms with E-state index in [1.54, 1.807) is 19.1 Å². The number of aromatic nitrogens is 1. The van der Waals surface area contributed by atoms with E-state index < -0.39 is 13.1 Å². The fourth-order valence-electron chi connectivity index (χ4n) is 1.98. The van der Waals surface area contributed by atoms with Crippen LogP contribution < -0.4 is 10.2 Å². The maximum Gasteiger partial charge on any atom is 0.499 e. The van der Waals surface area contributed by atoms with Gasteiger partial charge >= 0.3 is 13.1 Å². The summed E-state index contributed by atoms with van der Waals surface area (Å²) in [6.45, 7) is 7.36. The summed E-state index contributed by atoms with van der Waals surface area (Å²) in [5.74, 6) is -0.167. The monoisotopic (exact) mass is 293 g/mol. The number of nitrogens with zero attached hydrogens (tertiary/aromatic N) is 1. The first kappa shape index (κ1) is 15.8. The molecule has 1 aliphatic rings. The second-order valence-electron chi connectivity index (χ2n) is 5.63. The number of carbonyl (C=O) groups excluding carboxylic acids is 1. The van der Waals surface area contributed by atoms with Crippen molar-refractivity contribution in [3.05, 3.63) is 17.8 Å². The zero-order valence-corrected chi connectivity index (χ0v) is 12.8. The van der Waals surface area contributed by atoms with Crippen LogP contribution in [0.5, 0.6) is 5.88 Å². The second kappa shape index (κ2) is 6.45. The Bertz CT molecular complexity index is 510. The van der Waals surface area contributed by atoms with E-state index in [-0.39, 0.29) is 11.1 Å². The van der Waals surface area contributed by atoms with Crippen LogP contribution in [0, 0.1) is 5.41 Å². The zero-order valence-electron chi connectivity index (χ0n) is 12.8. The van der Waals surface area contributed by atoms with Gasteiger partial charge in [0.25, 0.3) is 0 Å². The third-order valence-corrected chi connectivity index (χ3v) is 3.07. The predicted molar refractivity (Wildman–Crippen MR) is 77.8 cm³/mol. The Kier molecular flexibility index (Phi) is 4.85. The molecule has 2 rings (SSSR count). The van der Waals surface area contributed by atoms with Gasteiger partial charge in [-0.3, -0.25) is 0 Å². The van der Waals surface area contributed by atoms with E-state index in [9.17, 15) is 4.79 Å². The highest BCUT2D eigenvalue weighted by atomic mass is 16.6. The standard InChI is InChI=1S/C14H20BNO5/c1-5-19-13(17)11-7-6-10(12(16-11)18-4)15-20-8-14(2,3)9-21-15/h6-7H,5,8-9H2,1-4H3. The molecular formula is C14H20BNO5. The van der Waals surface area contributed by atoms with Gasteiger partial charge < -0.3 is 18.8 Å². The fraction of sp³-hybridized carbons (Fsp3) is 0.571. The lowest BCUT2D eigenvalue weighted by molar-refractivity contribution is 0.0340. The average Bonchev–Trinajstić information content (AvgIpc) is 2.47. The fourth-order valence-corrected chi connectivity index (χ4v) is 1.98. The van der Waals surface area contributed by atoms with Crippen molar-refractivity contribution in [2.24, 2.45) is 5.41 Å². The molecule has 1 saturated heterocycles. The number of pyridine rings is 1. The number of hydrogen-bond donors (Lipinski definition) is 0. The van der Waals surface area contributed by atoms with E-state index >= 15 is 0 Å². The SMILES string of the molecule is CCOC(=O)c1ccc(B2OCC(C)(C)CO2)c(OC)n1. The average molecular weight is 293 g/mol. The highest BCUT2D eigenvalue weighted by Crippen LogP contribution is 2.22. The van der Waals surface area contributed by atoms with Crippen LogP contribution in [-0.4, -0.2) is 45.0 Å². The Labute approximate surface area is 124 Å². The van der Waals surface area contributed by atoms with Crippen LogP contribution in [0.25, 0.3) is 0 Å². The van der Waals surface area contributed by atoms with Gasteiger partial charge in [0.05, 0.1) is 13.7 Å². The van der Waals surface area contributed by atoms with Crippen molar-refractivity contribution in [3.63, 3.8) is 0 Å². The molecule has 21 heavy (non-hydrogen) atoms. The molecule has 0 radical (unpaired) electrons. The molecular weight excluding hydrogens is 273 g/mol. The Morgan fingerprint density at radius 1 is 1.38 bits per heavy atom. The van der Waals surface area contributed by atoms with E-state index in [0.29, 0.717) is 31.2 Å². The number of rotatable bonds is 4. The van der Waals surface area contributed by atoms with Gasteiger partial charge in [-0.25, -0.2) is 9.78 Å². The zero-order chi connectivity index (χ0) is 15.5. The van der Waals surface area contributed by atoms with Crippen molar-refractivity contribution in [2.45, 2.75) is 20.8 Å². The summed E-state index contributed by atoms with van der Waals surface area (Å²) >= 11 is 0. The lowest BCUT2D eigenvalue weighted by Gasteiger charge is -2.33. The van der Waals surface area contributed by atoms with Gasteiger partial charge in [-0.1, -0.05) is 19.9 Å². The van der Waals surface area contributed by atoms with Gasteiger partial charge in [-0.05, 0) is 13.0 Å². The van der Waals surface area contributed by atoms with E-state index in [4.69, 9.17) is 18.8 Å². The van der Waals surface area contributed by atoms with Crippen molar-refractivity contribution >= 4 is 18.6 Å². The Morgan fingerprint density at radius 2 is 2.05 bits per heavy atom. The second-order valence-corrected chi connectivity index (χ2v) is 5.63. The van der Waals surface area contributed by atoms with Crippen LogP contribution >= 0.6 is 0 Å². The minimum Gasteiger partial charge on any atom is -0.481 e. The third-order valence-electron chi connectivity index (χ3n) is 3.07. The molecule has 0 amide bonds. The minimum atomic E-state index is -0.531. The topological polar surface area (TPSA) is 66.9 Å². The first-order valence-corrected chi connectivity index (χ1v) is 6.92. The number of hydrogen-bond acceptors (Lipinski definition) is 6. The first-order chi connectivity index (χ1) is 9.96. The van der Waals surface area contributed by atoms with Crippen molar-refractivity contribution in [1.29, 1.82) is 0 Å². The predicted octanol–water partition coefficient (Wildman–Crippen LogP) is 1.04. The molecule has 6 nitrogen and oxygen atoms in total. The smallest absolute Gasteiger partial charge is 0.481 e. The molecule has 7 heteroatoms. The lowest BCUT2D eigenvalue weighted by Crippen LogP contribution is -2.48. The molecule has 114 valence electrons. The van der Waals surface area contributed by atoms with Gasteiger partial charge in [-0.2, -0.15) is 0 Å². The highest BCUT2D eigenvalue weighted by Gasteiger charge is 2.36. The van der Waals surface area contributed by atoms with Gasteiger partial charge in [0, 0.05) is 24.1 Å². The molecule has 0 atom stereocenters. The number of carbonyl (C=O) groups is 1. The molecule has 0 saturated carbocycles. The third kappa shape index (κ3) is 3.74. The van der Waals surface area contributed by atoms with E-state index in [2.05, 4.69) is 18.8 Å². The lowest BCUT2D eigenvalue weighted by atomic mass is 9.76. The van der Waals surface area contributed by atoms with Crippen molar-refractivity contribution in [2.75, 3.05) is 26.9 Å². The van der Waals surface area contributed by atoms with Crippen LogP contribution in [0.15, 0.2) is 12.1 Å². The molecule has 0 unspecified atom stereocenters. The van der Waals surface area contributed by atoms with Crippen molar-refractivity contribution in [3.8, 4) is 5.88 Å². The molecule has 1 aromatic rings. The van der Waals surface area contributed by atoms with Crippen LogP contribution in [0.4, 0.5) is 0 Å². The minimum absolute atomic E-state index is 0.0119. The summed E-state index contributed by atoms with van der Waals surface area (Å²) in [7, 11) is 0.963. The number of esters is 1. The molecule has 0 aliphatic carbocycles. The summed E-state index contributed by atoms with van der Waals surface area (Å²) in [5, 5.41) is 0. The molecule has 0 N–H and O–H groups in total. The van der Waals surface area contributed by atoms with Gasteiger partial charge in [0.1, 0.15) is 0 Å². The highest BCUT2D eigenvalue weighted by molar-refractivity contribution is 6.62. The normalized spacial score (nSPS) is 17.4. The summed E-state index contributed by atoms with van der Waals surface area (Å²) in [6, 6.07) is 3.31. The Morgan fingerprint density at radius 3 is 2.62 bits per heavy atom. The Balaban J connectivity index is 2.19. The Hall–Kier alpha value is -1.60. The van der Waals surface area contributed by atoms with Gasteiger partial charge in [-0.15, -0.1) is 0 Å². The molecule has 0 aromatic carbocycles. The quantitative estimate of drug-likeness (QED) is 0.610. The maximum atomic E-state index is 11.7. The van der Waals surface area contributed by atoms with Gasteiger partial charge in [0.15, 0.2) is 5.69 Å².